The van der Waals surface area contributed by atoms with E-state index in [1.165, 1.54) is 0 Å². The fraction of sp³-hybridized carbons (Fsp3) is 0.700. The summed E-state index contributed by atoms with van der Waals surface area (Å²) in [5.74, 6) is 1.39. The van der Waals surface area contributed by atoms with E-state index >= 15 is 0 Å². The highest BCUT2D eigenvalue weighted by Gasteiger charge is 1.93. The van der Waals surface area contributed by atoms with E-state index < -0.39 is 0 Å². The van der Waals surface area contributed by atoms with Crippen molar-refractivity contribution < 1.29 is 9.47 Å². The van der Waals surface area contributed by atoms with Gasteiger partial charge in [-0.1, -0.05) is 27.7 Å². The minimum absolute atomic E-state index is 0.280. The third-order valence-electron chi connectivity index (χ3n) is 2.91. The number of imidazole rings is 2. The normalized spacial score (nSPS) is 10.5. The maximum Gasteiger partial charge on any atom is 0.124 e. The second-order valence-corrected chi connectivity index (χ2v) is 7.13. The average molecular weight is 367 g/mol. The largest absolute Gasteiger partial charge is 0.381 e. The molecule has 0 bridgehead atoms. The molecule has 0 N–H and O–H groups in total. The summed E-state index contributed by atoms with van der Waals surface area (Å²) in [5, 5.41) is 0. The van der Waals surface area contributed by atoms with Crippen molar-refractivity contribution in [3.63, 3.8) is 0 Å². The molecule has 2 heterocycles. The fourth-order valence-corrected chi connectivity index (χ4v) is 1.77. The highest BCUT2D eigenvalue weighted by atomic mass is 16.5. The molecule has 2 aromatic heterocycles. The van der Waals surface area contributed by atoms with E-state index in [4.69, 9.17) is 9.47 Å². The molecule has 2 aromatic rings. The van der Waals surface area contributed by atoms with E-state index in [2.05, 4.69) is 42.2 Å². The Labute approximate surface area is 159 Å². The van der Waals surface area contributed by atoms with E-state index in [9.17, 15) is 0 Å². The second-order valence-electron chi connectivity index (χ2n) is 7.13. The monoisotopic (exact) mass is 366 g/mol. The summed E-state index contributed by atoms with van der Waals surface area (Å²) in [6.07, 6.45) is 11.3. The highest BCUT2D eigenvalue weighted by Crippen LogP contribution is 1.96. The lowest BCUT2D eigenvalue weighted by molar-refractivity contribution is 0.0286. The zero-order chi connectivity index (χ0) is 19.8. The van der Waals surface area contributed by atoms with Gasteiger partial charge in [0.15, 0.2) is 0 Å². The topological polar surface area (TPSA) is 54.1 Å². The smallest absolute Gasteiger partial charge is 0.124 e. The lowest BCUT2D eigenvalue weighted by atomic mass is 10.2. The number of aromatic nitrogens is 4. The second kappa shape index (κ2) is 15.6. The molecule has 2 rings (SSSR count). The van der Waals surface area contributed by atoms with E-state index in [0.717, 1.165) is 19.8 Å². The molecular weight excluding hydrogens is 328 g/mol. The Kier molecular flexibility index (Phi) is 14.6. The van der Waals surface area contributed by atoms with Crippen LogP contribution in [0, 0.1) is 11.8 Å². The standard InChI is InChI=1S/C7H12N2O.C7H12N2.C6H14O/c1-7(2)10-6-9-4-3-8-5-9;1-7(2)5-9-4-3-8-6-9;1-4-7-5-6(2)3/h3-5,7H,6H2,1-2H3;3-4,6-7H,5H2,1-2H3;6H,4-5H2,1-3H3. The average Bonchev–Trinajstić information content (AvgIpc) is 3.25. The van der Waals surface area contributed by atoms with E-state index in [1.807, 2.05) is 50.3 Å². The molecule has 0 aliphatic heterocycles. The molecule has 0 aliphatic carbocycles. The first-order chi connectivity index (χ1) is 12.3. The van der Waals surface area contributed by atoms with Crippen LogP contribution in [0.5, 0.6) is 0 Å². The molecule has 0 radical (unpaired) electrons. The predicted octanol–water partition coefficient (Wildman–Crippen LogP) is 4.48. The Hall–Kier alpha value is -1.66. The summed E-state index contributed by atoms with van der Waals surface area (Å²) in [6.45, 7) is 18.1. The molecule has 0 aromatic carbocycles. The van der Waals surface area contributed by atoms with Gasteiger partial charge in [-0.3, -0.25) is 0 Å². The molecule has 150 valence electrons. The SMILES string of the molecule is CC(C)Cn1ccnc1.CC(C)OCn1ccnc1.CCOCC(C)C. The van der Waals surface area contributed by atoms with Crippen LogP contribution in [0.1, 0.15) is 48.5 Å². The molecule has 0 fully saturated rings. The van der Waals surface area contributed by atoms with Crippen LogP contribution in [0.25, 0.3) is 0 Å². The van der Waals surface area contributed by atoms with Crippen LogP contribution >= 0.6 is 0 Å². The molecule has 0 amide bonds. The summed E-state index contributed by atoms with van der Waals surface area (Å²) in [4.78, 5) is 7.82. The minimum Gasteiger partial charge on any atom is -0.381 e. The van der Waals surface area contributed by atoms with Gasteiger partial charge in [0, 0.05) is 44.5 Å². The van der Waals surface area contributed by atoms with Crippen molar-refractivity contribution in [3.8, 4) is 0 Å². The molecule has 6 nitrogen and oxygen atoms in total. The molecule has 6 heteroatoms. The zero-order valence-electron chi connectivity index (χ0n) is 17.6. The van der Waals surface area contributed by atoms with Gasteiger partial charge in [-0.15, -0.1) is 0 Å². The Bertz CT molecular complexity index is 494. The van der Waals surface area contributed by atoms with Gasteiger partial charge in [0.2, 0.25) is 0 Å². The van der Waals surface area contributed by atoms with Crippen LogP contribution in [-0.4, -0.2) is 38.4 Å². The lowest BCUT2D eigenvalue weighted by Crippen LogP contribution is -2.06. The summed E-state index contributed by atoms with van der Waals surface area (Å²) in [7, 11) is 0. The Balaban J connectivity index is 0.000000368. The zero-order valence-corrected chi connectivity index (χ0v) is 17.6. The number of ether oxygens (including phenoxy) is 2. The van der Waals surface area contributed by atoms with E-state index in [1.54, 1.807) is 12.5 Å². The number of hydrogen-bond acceptors (Lipinski definition) is 4. The minimum atomic E-state index is 0.280. The number of nitrogens with zero attached hydrogens (tertiary/aromatic N) is 4. The number of hydrogen-bond donors (Lipinski definition) is 0. The maximum absolute atomic E-state index is 5.31. The quantitative estimate of drug-likeness (QED) is 0.691. The summed E-state index contributed by atoms with van der Waals surface area (Å²) in [5.41, 5.74) is 0. The van der Waals surface area contributed by atoms with Gasteiger partial charge in [0.05, 0.1) is 18.8 Å². The van der Waals surface area contributed by atoms with Gasteiger partial charge in [-0.2, -0.15) is 0 Å². The van der Waals surface area contributed by atoms with Gasteiger partial charge in [-0.25, -0.2) is 9.97 Å². The molecule has 0 unspecified atom stereocenters. The first-order valence-electron chi connectivity index (χ1n) is 9.45. The van der Waals surface area contributed by atoms with Gasteiger partial charge >= 0.3 is 0 Å². The van der Waals surface area contributed by atoms with E-state index in [-0.39, 0.29) is 6.10 Å². The maximum atomic E-state index is 5.31. The first kappa shape index (κ1) is 24.3. The summed E-state index contributed by atoms with van der Waals surface area (Å²) in [6, 6.07) is 0. The van der Waals surface area contributed by atoms with Crippen LogP contribution in [0.3, 0.4) is 0 Å². The van der Waals surface area contributed by atoms with Crippen LogP contribution in [0.2, 0.25) is 0 Å². The van der Waals surface area contributed by atoms with Crippen molar-refractivity contribution in [2.24, 2.45) is 11.8 Å². The lowest BCUT2D eigenvalue weighted by Gasteiger charge is -2.06. The van der Waals surface area contributed by atoms with Crippen molar-refractivity contribution in [3.05, 3.63) is 37.4 Å². The number of rotatable bonds is 8. The molecule has 0 saturated carbocycles. The molecule has 0 aliphatic rings. The Morgan fingerprint density at radius 2 is 1.42 bits per heavy atom. The first-order valence-corrected chi connectivity index (χ1v) is 9.45. The van der Waals surface area contributed by atoms with Gasteiger partial charge in [-0.05, 0) is 32.6 Å². The highest BCUT2D eigenvalue weighted by molar-refractivity contribution is 4.74. The van der Waals surface area contributed by atoms with Crippen molar-refractivity contribution >= 4 is 0 Å². The van der Waals surface area contributed by atoms with Gasteiger partial charge < -0.3 is 18.6 Å². The Morgan fingerprint density at radius 1 is 0.846 bits per heavy atom. The molecule has 26 heavy (non-hydrogen) atoms. The van der Waals surface area contributed by atoms with Crippen molar-refractivity contribution in [2.75, 3.05) is 13.2 Å². The van der Waals surface area contributed by atoms with Crippen LogP contribution in [0.15, 0.2) is 37.4 Å². The van der Waals surface area contributed by atoms with Crippen LogP contribution < -0.4 is 0 Å². The van der Waals surface area contributed by atoms with Crippen LogP contribution in [-0.2, 0) is 22.7 Å². The van der Waals surface area contributed by atoms with Gasteiger partial charge in [0.1, 0.15) is 6.73 Å². The third-order valence-corrected chi connectivity index (χ3v) is 2.91. The van der Waals surface area contributed by atoms with Gasteiger partial charge in [0.25, 0.3) is 0 Å². The molecule has 0 atom stereocenters. The predicted molar refractivity (Wildman–Crippen MR) is 107 cm³/mol. The molecule has 0 saturated heterocycles. The van der Waals surface area contributed by atoms with Crippen molar-refractivity contribution in [2.45, 2.75) is 67.8 Å². The van der Waals surface area contributed by atoms with Crippen molar-refractivity contribution in [1.82, 2.24) is 19.1 Å². The van der Waals surface area contributed by atoms with Crippen LogP contribution in [0.4, 0.5) is 0 Å². The molecule has 0 spiro atoms. The fourth-order valence-electron chi connectivity index (χ4n) is 1.77. The summed E-state index contributed by atoms with van der Waals surface area (Å²) >= 11 is 0. The summed E-state index contributed by atoms with van der Waals surface area (Å²) < 4.78 is 14.4. The molecular formula is C20H38N4O2. The Morgan fingerprint density at radius 3 is 1.77 bits per heavy atom. The third kappa shape index (κ3) is 15.8. The van der Waals surface area contributed by atoms with E-state index in [0.29, 0.717) is 18.6 Å². The van der Waals surface area contributed by atoms with Crippen molar-refractivity contribution in [1.29, 1.82) is 0 Å².